The predicted octanol–water partition coefficient (Wildman–Crippen LogP) is 4.01. The van der Waals surface area contributed by atoms with E-state index in [4.69, 9.17) is 0 Å². The van der Waals surface area contributed by atoms with Crippen LogP contribution in [0.1, 0.15) is 37.4 Å². The van der Waals surface area contributed by atoms with Crippen LogP contribution >= 0.6 is 11.8 Å². The highest BCUT2D eigenvalue weighted by Crippen LogP contribution is 2.32. The highest BCUT2D eigenvalue weighted by Gasteiger charge is 2.22. The molecule has 112 valence electrons. The van der Waals surface area contributed by atoms with Crippen molar-refractivity contribution < 1.29 is 0 Å². The molecule has 0 aliphatic heterocycles. The third-order valence-corrected chi connectivity index (χ3v) is 4.70. The van der Waals surface area contributed by atoms with Gasteiger partial charge in [0, 0.05) is 23.7 Å². The van der Waals surface area contributed by atoms with Gasteiger partial charge in [0.25, 0.3) is 0 Å². The van der Waals surface area contributed by atoms with Gasteiger partial charge in [0.15, 0.2) is 5.16 Å². The maximum atomic E-state index is 4.43. The van der Waals surface area contributed by atoms with E-state index in [1.807, 2.05) is 19.3 Å². The second-order valence-electron chi connectivity index (χ2n) is 5.05. The Morgan fingerprint density at radius 2 is 1.76 bits per heavy atom. The van der Waals surface area contributed by atoms with Crippen molar-refractivity contribution in [2.45, 2.75) is 43.6 Å². The lowest BCUT2D eigenvalue weighted by Crippen LogP contribution is -2.30. The van der Waals surface area contributed by atoms with Crippen LogP contribution in [0.2, 0.25) is 0 Å². The minimum Gasteiger partial charge on any atom is -0.309 e. The normalized spacial score (nSPS) is 13.9. The first kappa shape index (κ1) is 16.0. The molecular formula is C17H23N3S. The van der Waals surface area contributed by atoms with Crippen molar-refractivity contribution in [2.75, 3.05) is 6.54 Å². The third-order valence-electron chi connectivity index (χ3n) is 3.37. The SMILES string of the molecule is CCNC(c1ccccc1)C(CC)Sc1ncc(C)cn1. The Labute approximate surface area is 131 Å². The molecule has 2 rings (SSSR count). The van der Waals surface area contributed by atoms with Gasteiger partial charge in [0.2, 0.25) is 0 Å². The van der Waals surface area contributed by atoms with Gasteiger partial charge in [0.05, 0.1) is 0 Å². The molecule has 4 heteroatoms. The van der Waals surface area contributed by atoms with Crippen molar-refractivity contribution >= 4 is 11.8 Å². The van der Waals surface area contributed by atoms with E-state index in [0.717, 1.165) is 23.7 Å². The van der Waals surface area contributed by atoms with Gasteiger partial charge in [0.1, 0.15) is 0 Å². The number of nitrogens with zero attached hydrogens (tertiary/aromatic N) is 2. The highest BCUT2D eigenvalue weighted by molar-refractivity contribution is 7.99. The van der Waals surface area contributed by atoms with Crippen molar-refractivity contribution in [3.8, 4) is 0 Å². The van der Waals surface area contributed by atoms with Crippen molar-refractivity contribution in [2.24, 2.45) is 0 Å². The van der Waals surface area contributed by atoms with Crippen molar-refractivity contribution in [1.29, 1.82) is 0 Å². The van der Waals surface area contributed by atoms with E-state index in [2.05, 4.69) is 59.5 Å². The van der Waals surface area contributed by atoms with E-state index >= 15 is 0 Å². The Morgan fingerprint density at radius 1 is 1.10 bits per heavy atom. The monoisotopic (exact) mass is 301 g/mol. The standard InChI is InChI=1S/C17H23N3S/c1-4-15(21-17-19-11-13(3)12-20-17)16(18-5-2)14-9-7-6-8-10-14/h6-12,15-16,18H,4-5H2,1-3H3. The predicted molar refractivity (Wildman–Crippen MR) is 89.6 cm³/mol. The summed E-state index contributed by atoms with van der Waals surface area (Å²) in [6.07, 6.45) is 4.83. The molecule has 1 aromatic carbocycles. The first-order valence-electron chi connectivity index (χ1n) is 7.48. The Morgan fingerprint density at radius 3 is 2.33 bits per heavy atom. The zero-order valence-corrected chi connectivity index (χ0v) is 13.7. The topological polar surface area (TPSA) is 37.8 Å². The number of hydrogen-bond acceptors (Lipinski definition) is 4. The molecule has 0 saturated heterocycles. The molecule has 0 radical (unpaired) electrons. The first-order chi connectivity index (χ1) is 10.2. The van der Waals surface area contributed by atoms with E-state index in [9.17, 15) is 0 Å². The zero-order valence-electron chi connectivity index (χ0n) is 12.9. The summed E-state index contributed by atoms with van der Waals surface area (Å²) in [5.74, 6) is 0. The van der Waals surface area contributed by atoms with Gasteiger partial charge < -0.3 is 5.32 Å². The molecule has 0 aliphatic rings. The number of nitrogens with one attached hydrogen (secondary N) is 1. The fourth-order valence-corrected chi connectivity index (χ4v) is 3.36. The second kappa shape index (κ2) is 8.15. The Hall–Kier alpha value is -1.39. The van der Waals surface area contributed by atoms with E-state index in [1.165, 1.54) is 5.56 Å². The maximum absolute atomic E-state index is 4.43. The summed E-state index contributed by atoms with van der Waals surface area (Å²) in [6, 6.07) is 10.9. The number of aryl methyl sites for hydroxylation is 1. The number of rotatable bonds is 7. The fourth-order valence-electron chi connectivity index (χ4n) is 2.31. The lowest BCUT2D eigenvalue weighted by atomic mass is 10.0. The minimum atomic E-state index is 0.316. The number of aromatic nitrogens is 2. The summed E-state index contributed by atoms with van der Waals surface area (Å²) in [7, 11) is 0. The summed E-state index contributed by atoms with van der Waals surface area (Å²) in [4.78, 5) is 8.85. The summed E-state index contributed by atoms with van der Waals surface area (Å²) >= 11 is 1.76. The van der Waals surface area contributed by atoms with E-state index in [1.54, 1.807) is 11.8 Å². The molecule has 1 heterocycles. The lowest BCUT2D eigenvalue weighted by molar-refractivity contribution is 0.521. The molecule has 0 aliphatic carbocycles. The molecule has 2 atom stereocenters. The van der Waals surface area contributed by atoms with Crippen LogP contribution in [0.5, 0.6) is 0 Å². The van der Waals surface area contributed by atoms with Crippen LogP contribution in [0.4, 0.5) is 0 Å². The van der Waals surface area contributed by atoms with E-state index in [0.29, 0.717) is 11.3 Å². The molecule has 0 bridgehead atoms. The third kappa shape index (κ3) is 4.55. The molecule has 0 amide bonds. The summed E-state index contributed by atoms with van der Waals surface area (Å²) < 4.78 is 0. The molecule has 2 unspecified atom stereocenters. The summed E-state index contributed by atoms with van der Waals surface area (Å²) in [6.45, 7) is 7.33. The quantitative estimate of drug-likeness (QED) is 0.619. The van der Waals surface area contributed by atoms with Crippen LogP contribution in [0, 0.1) is 6.92 Å². The molecule has 0 spiro atoms. The van der Waals surface area contributed by atoms with Gasteiger partial charge in [-0.15, -0.1) is 0 Å². The zero-order chi connectivity index (χ0) is 15.1. The van der Waals surface area contributed by atoms with Crippen molar-refractivity contribution in [1.82, 2.24) is 15.3 Å². The molecule has 3 nitrogen and oxygen atoms in total. The molecule has 2 aromatic rings. The maximum Gasteiger partial charge on any atom is 0.187 e. The number of hydrogen-bond donors (Lipinski definition) is 1. The Balaban J connectivity index is 2.17. The fraction of sp³-hybridized carbons (Fsp3) is 0.412. The van der Waals surface area contributed by atoms with Crippen LogP contribution < -0.4 is 5.32 Å². The largest absolute Gasteiger partial charge is 0.309 e. The van der Waals surface area contributed by atoms with Gasteiger partial charge in [-0.25, -0.2) is 9.97 Å². The minimum absolute atomic E-state index is 0.316. The first-order valence-corrected chi connectivity index (χ1v) is 8.36. The van der Waals surface area contributed by atoms with Crippen LogP contribution in [0.15, 0.2) is 47.9 Å². The Bertz CT molecular complexity index is 527. The van der Waals surface area contributed by atoms with Gasteiger partial charge in [-0.2, -0.15) is 0 Å². The van der Waals surface area contributed by atoms with E-state index in [-0.39, 0.29) is 0 Å². The van der Waals surface area contributed by atoms with Crippen molar-refractivity contribution in [3.05, 3.63) is 53.9 Å². The van der Waals surface area contributed by atoms with Crippen LogP contribution in [-0.4, -0.2) is 21.8 Å². The summed E-state index contributed by atoms with van der Waals surface area (Å²) in [5, 5.41) is 4.87. The molecule has 1 N–H and O–H groups in total. The molecule has 21 heavy (non-hydrogen) atoms. The highest BCUT2D eigenvalue weighted by atomic mass is 32.2. The van der Waals surface area contributed by atoms with Crippen LogP contribution in [-0.2, 0) is 0 Å². The second-order valence-corrected chi connectivity index (χ2v) is 6.26. The van der Waals surface area contributed by atoms with E-state index < -0.39 is 0 Å². The number of benzene rings is 1. The van der Waals surface area contributed by atoms with Gasteiger partial charge in [-0.1, -0.05) is 55.9 Å². The Kier molecular flexibility index (Phi) is 6.21. The molecule has 0 fully saturated rings. The lowest BCUT2D eigenvalue weighted by Gasteiger charge is -2.26. The van der Waals surface area contributed by atoms with Crippen LogP contribution in [0.3, 0.4) is 0 Å². The van der Waals surface area contributed by atoms with Gasteiger partial charge in [-0.05, 0) is 31.0 Å². The number of thioether (sulfide) groups is 1. The molecule has 0 saturated carbocycles. The van der Waals surface area contributed by atoms with Crippen molar-refractivity contribution in [3.63, 3.8) is 0 Å². The molecule has 1 aromatic heterocycles. The van der Waals surface area contributed by atoms with Crippen LogP contribution in [0.25, 0.3) is 0 Å². The van der Waals surface area contributed by atoms with Gasteiger partial charge in [-0.3, -0.25) is 0 Å². The van der Waals surface area contributed by atoms with Gasteiger partial charge >= 0.3 is 0 Å². The average Bonchev–Trinajstić information content (AvgIpc) is 2.53. The smallest absolute Gasteiger partial charge is 0.187 e. The average molecular weight is 301 g/mol. The summed E-state index contributed by atoms with van der Waals surface area (Å²) in [5.41, 5.74) is 2.42. The molecular weight excluding hydrogens is 278 g/mol.